The van der Waals surface area contributed by atoms with E-state index in [-0.39, 0.29) is 61.4 Å². The first-order valence-corrected chi connectivity index (χ1v) is 24.4. The number of cyclic esters (lactones) is 1. The summed E-state index contributed by atoms with van der Waals surface area (Å²) in [5.74, 6) is -1.83. The number of pyridine rings is 1. The molecular weight excluding hydrogens is 879 g/mol. The van der Waals surface area contributed by atoms with Crippen molar-refractivity contribution in [1.82, 2.24) is 45.3 Å². The summed E-state index contributed by atoms with van der Waals surface area (Å²) < 4.78 is 14.2. The van der Waals surface area contributed by atoms with Gasteiger partial charge in [0.1, 0.15) is 23.9 Å². The molecule has 3 fully saturated rings. The fraction of sp³-hybridized carbons (Fsp3) is 0.538. The van der Waals surface area contributed by atoms with E-state index in [0.29, 0.717) is 57.4 Å². The zero-order valence-electron chi connectivity index (χ0n) is 41.5. The number of amides is 5. The number of phenols is 1. The van der Waals surface area contributed by atoms with Crippen LogP contribution >= 0.6 is 0 Å². The van der Waals surface area contributed by atoms with Gasteiger partial charge in [-0.2, -0.15) is 0 Å². The van der Waals surface area contributed by atoms with Crippen molar-refractivity contribution in [2.75, 3.05) is 54.0 Å². The molecule has 0 spiro atoms. The van der Waals surface area contributed by atoms with Gasteiger partial charge in [-0.05, 0) is 104 Å². The summed E-state index contributed by atoms with van der Waals surface area (Å²) in [4.78, 5) is 79.9. The predicted octanol–water partition coefficient (Wildman–Crippen LogP) is 5.03. The number of benzene rings is 2. The predicted molar refractivity (Wildman–Crippen MR) is 262 cm³/mol. The lowest BCUT2D eigenvalue weighted by Crippen LogP contribution is -2.62. The Hall–Kier alpha value is -6.04. The van der Waals surface area contributed by atoms with E-state index in [9.17, 15) is 29.1 Å². The second-order valence-corrected chi connectivity index (χ2v) is 20.4. The average molecular weight is 948 g/mol. The molecule has 3 saturated heterocycles. The normalized spacial score (nSPS) is 22.5. The number of likely N-dealkylation sites (N-methyl/N-ethyl adjacent to an activating group) is 2. The number of fused-ring (bicyclic) bond motifs is 6. The number of aryl methyl sites for hydroxylation is 1. The molecule has 5 amide bonds. The number of carbonyl (C=O) groups is 5. The molecule has 370 valence electrons. The lowest BCUT2D eigenvalue weighted by molar-refractivity contribution is -0.155. The summed E-state index contributed by atoms with van der Waals surface area (Å²) in [5.41, 5.74) is 9.56. The first-order chi connectivity index (χ1) is 32.9. The summed E-state index contributed by atoms with van der Waals surface area (Å²) in [6, 6.07) is 11.9. The van der Waals surface area contributed by atoms with E-state index in [4.69, 9.17) is 14.5 Å². The minimum atomic E-state index is -1.16. The quantitative estimate of drug-likeness (QED) is 0.123. The number of nitrogens with zero attached hydrogens (tertiary/aromatic N) is 6. The highest BCUT2D eigenvalue weighted by atomic mass is 16.5. The largest absolute Gasteiger partial charge is 0.508 e. The third-order valence-electron chi connectivity index (χ3n) is 14.3. The maximum atomic E-state index is 14.8. The second-order valence-electron chi connectivity index (χ2n) is 20.4. The molecule has 4 aliphatic rings. The van der Waals surface area contributed by atoms with E-state index in [1.165, 1.54) is 9.91 Å². The highest BCUT2D eigenvalue weighted by molar-refractivity contribution is 5.96. The maximum Gasteiger partial charge on any atom is 0.324 e. The number of hydrogen-bond acceptors (Lipinski definition) is 11. The number of aromatic hydroxyl groups is 1. The Morgan fingerprint density at radius 1 is 1.04 bits per heavy atom. The molecular formula is C52H69N9O8. The molecule has 0 aliphatic carbocycles. The zero-order chi connectivity index (χ0) is 49.5. The number of methoxy groups -OCH3 is 1. The minimum absolute atomic E-state index is 0.00484. The van der Waals surface area contributed by atoms with Crippen LogP contribution in [0.4, 0.5) is 4.79 Å². The van der Waals surface area contributed by atoms with Gasteiger partial charge >= 0.3 is 12.0 Å². The Morgan fingerprint density at radius 2 is 1.81 bits per heavy atom. The average Bonchev–Trinajstić information content (AvgIpc) is 3.99. The van der Waals surface area contributed by atoms with E-state index in [1.54, 1.807) is 49.3 Å². The Balaban J connectivity index is 1.16. The van der Waals surface area contributed by atoms with Crippen molar-refractivity contribution in [1.29, 1.82) is 0 Å². The molecule has 2 aromatic carbocycles. The summed E-state index contributed by atoms with van der Waals surface area (Å²) in [6.07, 6.45) is 3.59. The lowest BCUT2D eigenvalue weighted by Gasteiger charge is -2.37. The van der Waals surface area contributed by atoms with Crippen LogP contribution < -0.4 is 16.1 Å². The molecule has 4 N–H and O–H groups in total. The Kier molecular flexibility index (Phi) is 14.4. The van der Waals surface area contributed by atoms with E-state index in [0.717, 1.165) is 44.5 Å². The topological polar surface area (TPSA) is 201 Å². The second kappa shape index (κ2) is 20.1. The van der Waals surface area contributed by atoms with Crippen molar-refractivity contribution in [3.8, 4) is 28.1 Å². The van der Waals surface area contributed by atoms with Gasteiger partial charge in [-0.15, -0.1) is 0 Å². The van der Waals surface area contributed by atoms with E-state index in [2.05, 4.69) is 59.6 Å². The third kappa shape index (κ3) is 10.3. The molecule has 17 nitrogen and oxygen atoms in total. The van der Waals surface area contributed by atoms with Crippen molar-refractivity contribution in [2.45, 2.75) is 117 Å². The van der Waals surface area contributed by atoms with Crippen LogP contribution in [0, 0.1) is 11.3 Å². The minimum Gasteiger partial charge on any atom is -0.508 e. The van der Waals surface area contributed by atoms with Gasteiger partial charge in [0.25, 0.3) is 5.91 Å². The van der Waals surface area contributed by atoms with Crippen molar-refractivity contribution in [2.24, 2.45) is 11.3 Å². The number of phenolic OH excluding ortho intramolecular Hbond substituents is 1. The molecule has 2 aromatic heterocycles. The van der Waals surface area contributed by atoms with Gasteiger partial charge < -0.3 is 44.5 Å². The zero-order valence-corrected chi connectivity index (χ0v) is 41.5. The van der Waals surface area contributed by atoms with Gasteiger partial charge in [0.2, 0.25) is 11.8 Å². The summed E-state index contributed by atoms with van der Waals surface area (Å²) in [5, 5.41) is 19.8. The van der Waals surface area contributed by atoms with Crippen molar-refractivity contribution < 1.29 is 38.6 Å². The highest BCUT2D eigenvalue weighted by Crippen LogP contribution is 2.42. The summed E-state index contributed by atoms with van der Waals surface area (Å²) in [6.45, 7) is 14.4. The molecule has 4 aliphatic heterocycles. The molecule has 6 heterocycles. The number of carbonyl (C=O) groups excluding carboxylic acids is 5. The summed E-state index contributed by atoms with van der Waals surface area (Å²) >= 11 is 0. The van der Waals surface area contributed by atoms with Gasteiger partial charge in [0.15, 0.2) is 0 Å². The van der Waals surface area contributed by atoms with Gasteiger partial charge in [0, 0.05) is 88.4 Å². The van der Waals surface area contributed by atoms with Crippen LogP contribution in [0.15, 0.2) is 54.7 Å². The number of ether oxygens (including phenoxy) is 2. The first kappa shape index (κ1) is 49.4. The number of aromatic nitrogens is 2. The number of likely N-dealkylation sites (tertiary alicyclic amines) is 1. The number of nitrogens with one attached hydrogen (secondary N) is 3. The number of esters is 1. The third-order valence-corrected chi connectivity index (χ3v) is 14.3. The standard InChI is InChI=1S/C52H69N9O8/c1-10-60-43-16-15-33-25-38(43)39(46(60)37-13-11-18-53-44(37)31(4)68-9)26-52(5,6)29-69-50(66)40-14-12-19-61(56-40)49(65)41(23-32-21-34(33)24-36(62)22-32)55-47(63)45(30(2)3)58(8)51(67)59-20-17-35(28-59)57(7)48(64)42-27-54-42/h11,13,15-16,18,21-22,24-25,30-31,35,40-42,45,54,56,62H,10,12,14,17,19-20,23,26-29H2,1-9H3,(H,55,63)/t31-,35+,40-,41-,42-,45-/m0/s1. The smallest absolute Gasteiger partial charge is 0.324 e. The van der Waals surface area contributed by atoms with Crippen LogP contribution in [-0.2, 0) is 48.0 Å². The molecule has 0 saturated carbocycles. The molecule has 6 bridgehead atoms. The number of rotatable bonds is 10. The molecule has 8 rings (SSSR count). The van der Waals surface area contributed by atoms with E-state index < -0.39 is 41.3 Å². The fourth-order valence-corrected chi connectivity index (χ4v) is 10.5. The van der Waals surface area contributed by atoms with E-state index in [1.807, 2.05) is 39.0 Å². The number of hydrazine groups is 1. The molecule has 4 aromatic rings. The fourth-order valence-electron chi connectivity index (χ4n) is 10.5. The van der Waals surface area contributed by atoms with Crippen molar-refractivity contribution in [3.05, 3.63) is 71.5 Å². The Labute approximate surface area is 404 Å². The maximum absolute atomic E-state index is 14.8. The van der Waals surface area contributed by atoms with E-state index >= 15 is 0 Å². The molecule has 6 atom stereocenters. The first-order valence-electron chi connectivity index (χ1n) is 24.4. The molecule has 69 heavy (non-hydrogen) atoms. The van der Waals surface area contributed by atoms with Gasteiger partial charge in [0.05, 0.1) is 36.2 Å². The van der Waals surface area contributed by atoms with Crippen molar-refractivity contribution in [3.63, 3.8) is 0 Å². The summed E-state index contributed by atoms with van der Waals surface area (Å²) in [7, 11) is 5.03. The molecule has 17 heteroatoms. The number of hydrogen-bond donors (Lipinski definition) is 4. The monoisotopic (exact) mass is 948 g/mol. The number of urea groups is 1. The van der Waals surface area contributed by atoms with Crippen LogP contribution in [0.3, 0.4) is 0 Å². The van der Waals surface area contributed by atoms with Crippen LogP contribution in [0.25, 0.3) is 33.3 Å². The van der Waals surface area contributed by atoms with Crippen LogP contribution in [0.5, 0.6) is 5.75 Å². The van der Waals surface area contributed by atoms with Crippen molar-refractivity contribution >= 4 is 40.6 Å². The van der Waals surface area contributed by atoms with Crippen LogP contribution in [0.2, 0.25) is 0 Å². The highest BCUT2D eigenvalue weighted by Gasteiger charge is 2.41. The Bertz CT molecular complexity index is 2610. The molecule has 0 unspecified atom stereocenters. The SMILES string of the molecule is CCn1c(-c2cccnc2[C@H](C)OC)c2c3cc(ccc31)-c1cc(O)cc(c1)C[C@H](NC(=O)[C@H](C(C)C)N(C)C(=O)N1CC[C@@H](N(C)C(=O)[C@@H]3CN3)C1)C(=O)N1CCC[C@H](N1)C(=O)OCC(C)(C)C2. The van der Waals surface area contributed by atoms with Crippen LogP contribution in [0.1, 0.15) is 83.7 Å². The van der Waals surface area contributed by atoms with Gasteiger partial charge in [-0.1, -0.05) is 39.8 Å². The molecule has 0 radical (unpaired) electrons. The Morgan fingerprint density at radius 3 is 2.52 bits per heavy atom. The van der Waals surface area contributed by atoms with Gasteiger partial charge in [-0.25, -0.2) is 10.2 Å². The van der Waals surface area contributed by atoms with Gasteiger partial charge in [-0.3, -0.25) is 29.2 Å². The van der Waals surface area contributed by atoms with Crippen LogP contribution in [-0.4, -0.2) is 148 Å². The lowest BCUT2D eigenvalue weighted by atomic mass is 9.84.